The lowest BCUT2D eigenvalue weighted by Gasteiger charge is -2.19. The van der Waals surface area contributed by atoms with Crippen LogP contribution in [0.15, 0.2) is 18.2 Å². The van der Waals surface area contributed by atoms with Gasteiger partial charge in [-0.05, 0) is 51.5 Å². The van der Waals surface area contributed by atoms with Crippen LogP contribution < -0.4 is 5.32 Å². The quantitative estimate of drug-likeness (QED) is 0.665. The van der Waals surface area contributed by atoms with Crippen molar-refractivity contribution in [1.82, 2.24) is 5.32 Å². The minimum atomic E-state index is -0.954. The van der Waals surface area contributed by atoms with Crippen LogP contribution in [0.3, 0.4) is 0 Å². The van der Waals surface area contributed by atoms with E-state index in [1.165, 1.54) is 6.07 Å². The second-order valence-electron chi connectivity index (χ2n) is 5.82. The minimum absolute atomic E-state index is 0.245. The number of carboxylic acids is 1. The van der Waals surface area contributed by atoms with Gasteiger partial charge in [0.1, 0.15) is 5.60 Å². The zero-order valence-corrected chi connectivity index (χ0v) is 13.3. The molecule has 0 aliphatic carbocycles. The lowest BCUT2D eigenvalue weighted by Crippen LogP contribution is -2.32. The summed E-state index contributed by atoms with van der Waals surface area (Å²) in [7, 11) is 0. The molecule has 0 saturated carbocycles. The van der Waals surface area contributed by atoms with Crippen LogP contribution in [0.1, 0.15) is 48.7 Å². The van der Waals surface area contributed by atoms with E-state index in [-0.39, 0.29) is 5.56 Å². The number of carboxylic acid groups (broad SMARTS) is 1. The van der Waals surface area contributed by atoms with Gasteiger partial charge in [-0.25, -0.2) is 9.59 Å². The van der Waals surface area contributed by atoms with Crippen molar-refractivity contribution in [2.24, 2.45) is 0 Å². The van der Waals surface area contributed by atoms with Gasteiger partial charge in [-0.2, -0.15) is 0 Å². The van der Waals surface area contributed by atoms with Crippen molar-refractivity contribution in [3.05, 3.63) is 34.9 Å². The molecule has 5 nitrogen and oxygen atoms in total. The highest BCUT2D eigenvalue weighted by Crippen LogP contribution is 2.10. The second kappa shape index (κ2) is 7.51. The molecule has 1 rings (SSSR count). The molecule has 22 heavy (non-hydrogen) atoms. The maximum Gasteiger partial charge on any atom is 0.407 e. The average Bonchev–Trinajstić information content (AvgIpc) is 2.37. The Kier molecular flexibility index (Phi) is 6.00. The maximum atomic E-state index is 11.4. The summed E-state index contributed by atoms with van der Waals surface area (Å²) in [4.78, 5) is 22.2. The Hall–Kier alpha value is -2.48. The molecule has 0 aromatic heterocycles. The summed E-state index contributed by atoms with van der Waals surface area (Å²) in [6.45, 7) is 7.62. The van der Waals surface area contributed by atoms with Crippen LogP contribution in [0.5, 0.6) is 0 Å². The number of aromatic carboxylic acids is 1. The maximum absolute atomic E-state index is 11.4. The number of carbonyl (C=O) groups is 2. The zero-order chi connectivity index (χ0) is 16.8. The first-order valence-corrected chi connectivity index (χ1v) is 6.99. The Bertz CT molecular complexity index is 618. The van der Waals surface area contributed by atoms with Crippen molar-refractivity contribution in [1.29, 1.82) is 0 Å². The number of hydrogen-bond acceptors (Lipinski definition) is 3. The predicted octanol–water partition coefficient (Wildman–Crippen LogP) is 2.96. The first-order chi connectivity index (χ1) is 10.2. The average molecular weight is 303 g/mol. The van der Waals surface area contributed by atoms with Crippen molar-refractivity contribution >= 4 is 12.1 Å². The molecule has 1 aromatic rings. The Labute approximate surface area is 130 Å². The van der Waals surface area contributed by atoms with E-state index in [2.05, 4.69) is 17.2 Å². The fraction of sp³-hybridized carbons (Fsp3) is 0.412. The number of alkyl carbamates (subject to hydrolysis) is 1. The summed E-state index contributed by atoms with van der Waals surface area (Å²) in [6.07, 6.45) is 0.0237. The van der Waals surface area contributed by atoms with Crippen LogP contribution in [0.25, 0.3) is 0 Å². The molecule has 118 valence electrons. The Morgan fingerprint density at radius 2 is 2.00 bits per heavy atom. The monoisotopic (exact) mass is 303 g/mol. The number of ether oxygens (including phenoxy) is 1. The van der Waals surface area contributed by atoms with Gasteiger partial charge in [0, 0.05) is 18.5 Å². The third kappa shape index (κ3) is 6.31. The fourth-order valence-corrected chi connectivity index (χ4v) is 1.64. The van der Waals surface area contributed by atoms with Gasteiger partial charge in [-0.15, -0.1) is 0 Å². The summed E-state index contributed by atoms with van der Waals surface area (Å²) < 4.78 is 5.10. The van der Waals surface area contributed by atoms with Crippen LogP contribution in [-0.2, 0) is 4.74 Å². The van der Waals surface area contributed by atoms with Crippen LogP contribution in [-0.4, -0.2) is 29.3 Å². The first-order valence-electron chi connectivity index (χ1n) is 6.99. The van der Waals surface area contributed by atoms with Crippen molar-refractivity contribution in [2.75, 3.05) is 6.54 Å². The Balaban J connectivity index is 2.48. The molecule has 5 heteroatoms. The zero-order valence-electron chi connectivity index (χ0n) is 13.3. The molecule has 0 radical (unpaired) electrons. The molecule has 0 spiro atoms. The number of amides is 1. The molecule has 0 saturated heterocycles. The minimum Gasteiger partial charge on any atom is -0.478 e. The molecular weight excluding hydrogens is 282 g/mol. The van der Waals surface area contributed by atoms with Gasteiger partial charge in [0.05, 0.1) is 5.56 Å². The van der Waals surface area contributed by atoms with Crippen molar-refractivity contribution < 1.29 is 19.4 Å². The van der Waals surface area contributed by atoms with Gasteiger partial charge >= 0.3 is 12.1 Å². The Morgan fingerprint density at radius 3 is 2.55 bits per heavy atom. The lowest BCUT2D eigenvalue weighted by atomic mass is 10.1. The van der Waals surface area contributed by atoms with Gasteiger partial charge in [-0.1, -0.05) is 11.8 Å². The van der Waals surface area contributed by atoms with Gasteiger partial charge < -0.3 is 15.2 Å². The first kappa shape index (κ1) is 17.6. The van der Waals surface area contributed by atoms with E-state index >= 15 is 0 Å². The number of hydrogen-bond donors (Lipinski definition) is 2. The van der Waals surface area contributed by atoms with E-state index in [9.17, 15) is 9.59 Å². The smallest absolute Gasteiger partial charge is 0.407 e. The van der Waals surface area contributed by atoms with Crippen LogP contribution in [0, 0.1) is 18.8 Å². The van der Waals surface area contributed by atoms with E-state index in [0.717, 1.165) is 11.1 Å². The van der Waals surface area contributed by atoms with Crippen molar-refractivity contribution in [3.63, 3.8) is 0 Å². The highest BCUT2D eigenvalue weighted by Gasteiger charge is 2.15. The standard InChI is InChI=1S/C17H21NO4/c1-12-11-14(15(19)20)9-8-13(12)7-5-6-10-18-16(21)22-17(2,3)4/h8-9,11H,6,10H2,1-4H3,(H,18,21)(H,19,20). The van der Waals surface area contributed by atoms with Gasteiger partial charge in [0.2, 0.25) is 0 Å². The lowest BCUT2D eigenvalue weighted by molar-refractivity contribution is 0.0528. The SMILES string of the molecule is Cc1cc(C(=O)O)ccc1C#CCCNC(=O)OC(C)(C)C. The molecule has 0 fully saturated rings. The largest absolute Gasteiger partial charge is 0.478 e. The summed E-state index contributed by atoms with van der Waals surface area (Å²) in [5, 5.41) is 11.5. The van der Waals surface area contributed by atoms with Crippen molar-refractivity contribution in [3.8, 4) is 11.8 Å². The number of carbonyl (C=O) groups excluding carboxylic acids is 1. The summed E-state index contributed by atoms with van der Waals surface area (Å²) in [5.74, 6) is 4.95. The van der Waals surface area contributed by atoms with E-state index < -0.39 is 17.7 Å². The highest BCUT2D eigenvalue weighted by atomic mass is 16.6. The summed E-state index contributed by atoms with van der Waals surface area (Å²) in [6, 6.07) is 4.80. The van der Waals surface area contributed by atoms with E-state index in [1.807, 2.05) is 6.92 Å². The molecule has 0 atom stereocenters. The molecular formula is C17H21NO4. The van der Waals surface area contributed by atoms with Crippen LogP contribution >= 0.6 is 0 Å². The fourth-order valence-electron chi connectivity index (χ4n) is 1.64. The highest BCUT2D eigenvalue weighted by molar-refractivity contribution is 5.88. The van der Waals surface area contributed by atoms with E-state index in [0.29, 0.717) is 13.0 Å². The summed E-state index contributed by atoms with van der Waals surface area (Å²) in [5.41, 5.74) is 1.32. The molecule has 0 aliphatic heterocycles. The second-order valence-corrected chi connectivity index (χ2v) is 5.82. The molecule has 0 unspecified atom stereocenters. The molecule has 0 bridgehead atoms. The third-order valence-electron chi connectivity index (χ3n) is 2.61. The number of aryl methyl sites for hydroxylation is 1. The number of nitrogens with one attached hydrogen (secondary N) is 1. The molecule has 2 N–H and O–H groups in total. The normalized spacial score (nSPS) is 10.4. The summed E-state index contributed by atoms with van der Waals surface area (Å²) >= 11 is 0. The van der Waals surface area contributed by atoms with Crippen molar-refractivity contribution in [2.45, 2.75) is 39.7 Å². The molecule has 0 heterocycles. The molecule has 1 aromatic carbocycles. The van der Waals surface area contributed by atoms with Gasteiger partial charge in [0.15, 0.2) is 0 Å². The van der Waals surface area contributed by atoms with Crippen LogP contribution in [0.2, 0.25) is 0 Å². The molecule has 0 aliphatic rings. The van der Waals surface area contributed by atoms with E-state index in [1.54, 1.807) is 32.9 Å². The third-order valence-corrected chi connectivity index (χ3v) is 2.61. The number of benzene rings is 1. The van der Waals surface area contributed by atoms with Gasteiger partial charge in [0.25, 0.3) is 0 Å². The Morgan fingerprint density at radius 1 is 1.32 bits per heavy atom. The molecule has 1 amide bonds. The van der Waals surface area contributed by atoms with Gasteiger partial charge in [-0.3, -0.25) is 0 Å². The predicted molar refractivity (Wildman–Crippen MR) is 83.9 cm³/mol. The topological polar surface area (TPSA) is 75.6 Å². The van der Waals surface area contributed by atoms with Crippen LogP contribution in [0.4, 0.5) is 4.79 Å². The van der Waals surface area contributed by atoms with E-state index in [4.69, 9.17) is 9.84 Å². The number of rotatable bonds is 3.